The molecule has 66 valence electrons. The van der Waals surface area contributed by atoms with Gasteiger partial charge in [0.2, 0.25) is 6.08 Å². The predicted molar refractivity (Wildman–Crippen MR) is 50.3 cm³/mol. The van der Waals surface area contributed by atoms with E-state index in [4.69, 9.17) is 0 Å². The van der Waals surface area contributed by atoms with Crippen LogP contribution in [0.1, 0.15) is 23.1 Å². The molecule has 0 aliphatic heterocycles. The van der Waals surface area contributed by atoms with Crippen LogP contribution in [-0.2, 0) is 24.2 Å². The van der Waals surface area contributed by atoms with E-state index in [-0.39, 0.29) is 0 Å². The Balaban J connectivity index is 2.25. The summed E-state index contributed by atoms with van der Waals surface area (Å²) < 4.78 is 0. The van der Waals surface area contributed by atoms with Crippen LogP contribution in [-0.4, -0.2) is 6.08 Å². The summed E-state index contributed by atoms with van der Waals surface area (Å²) in [5.74, 6) is 0. The number of isocyanates is 1. The highest BCUT2D eigenvalue weighted by molar-refractivity contribution is 5.37. The average molecular weight is 173 g/mol. The smallest absolute Gasteiger partial charge is 0.211 e. The Morgan fingerprint density at radius 3 is 3.00 bits per heavy atom. The molecule has 1 aromatic carbocycles. The second kappa shape index (κ2) is 3.55. The summed E-state index contributed by atoms with van der Waals surface area (Å²) in [4.78, 5) is 13.5. The Bertz CT molecular complexity index is 364. The summed E-state index contributed by atoms with van der Waals surface area (Å²) in [5.41, 5.74) is 4.00. The van der Waals surface area contributed by atoms with Crippen molar-refractivity contribution in [3.05, 3.63) is 34.9 Å². The van der Waals surface area contributed by atoms with Gasteiger partial charge >= 0.3 is 0 Å². The molecule has 0 saturated carbocycles. The first-order valence-corrected chi connectivity index (χ1v) is 4.54. The Morgan fingerprint density at radius 1 is 1.31 bits per heavy atom. The highest BCUT2D eigenvalue weighted by Crippen LogP contribution is 2.22. The van der Waals surface area contributed by atoms with Gasteiger partial charge in [0.15, 0.2) is 0 Å². The molecular weight excluding hydrogens is 162 g/mol. The van der Waals surface area contributed by atoms with Crippen molar-refractivity contribution in [3.63, 3.8) is 0 Å². The van der Waals surface area contributed by atoms with Crippen LogP contribution in [0.3, 0.4) is 0 Å². The van der Waals surface area contributed by atoms with Crippen LogP contribution in [0.15, 0.2) is 23.2 Å². The molecule has 2 heteroatoms. The van der Waals surface area contributed by atoms with Gasteiger partial charge in [0, 0.05) is 0 Å². The summed E-state index contributed by atoms with van der Waals surface area (Å²) in [5, 5.41) is 0. The van der Waals surface area contributed by atoms with E-state index in [0.717, 1.165) is 5.56 Å². The van der Waals surface area contributed by atoms with E-state index in [9.17, 15) is 4.79 Å². The molecular formula is C11H11NO. The van der Waals surface area contributed by atoms with Gasteiger partial charge in [-0.25, -0.2) is 9.79 Å². The lowest BCUT2D eigenvalue weighted by Gasteiger charge is -2.00. The Morgan fingerprint density at radius 2 is 2.15 bits per heavy atom. The van der Waals surface area contributed by atoms with Crippen LogP contribution >= 0.6 is 0 Å². The van der Waals surface area contributed by atoms with Crippen molar-refractivity contribution in [1.82, 2.24) is 0 Å². The van der Waals surface area contributed by atoms with E-state index in [1.165, 1.54) is 30.4 Å². The lowest BCUT2D eigenvalue weighted by molar-refractivity contribution is 0.563. The molecule has 0 N–H and O–H groups in total. The van der Waals surface area contributed by atoms with Gasteiger partial charge in [-0.2, -0.15) is 0 Å². The minimum absolute atomic E-state index is 0.469. The van der Waals surface area contributed by atoms with E-state index in [1.54, 1.807) is 6.08 Å². The molecule has 0 bridgehead atoms. The number of aliphatic imine (C=N–C) groups is 1. The Hall–Kier alpha value is -1.40. The molecule has 0 saturated heterocycles. The van der Waals surface area contributed by atoms with E-state index in [0.29, 0.717) is 6.54 Å². The molecule has 2 nitrogen and oxygen atoms in total. The maximum absolute atomic E-state index is 9.92. The second-order valence-electron chi connectivity index (χ2n) is 3.36. The number of fused-ring (bicyclic) bond motifs is 1. The second-order valence-corrected chi connectivity index (χ2v) is 3.36. The molecule has 0 unspecified atom stereocenters. The SMILES string of the molecule is O=C=NCc1ccc2c(c1)CCC2. The van der Waals surface area contributed by atoms with Gasteiger partial charge in [-0.15, -0.1) is 0 Å². The van der Waals surface area contributed by atoms with Crippen molar-refractivity contribution in [2.75, 3.05) is 0 Å². The molecule has 0 atom stereocenters. The van der Waals surface area contributed by atoms with Crippen molar-refractivity contribution in [2.24, 2.45) is 4.99 Å². The van der Waals surface area contributed by atoms with E-state index < -0.39 is 0 Å². The quantitative estimate of drug-likeness (QED) is 0.497. The molecule has 0 radical (unpaired) electrons. The monoisotopic (exact) mass is 173 g/mol. The van der Waals surface area contributed by atoms with Crippen LogP contribution < -0.4 is 0 Å². The zero-order valence-electron chi connectivity index (χ0n) is 7.42. The lowest BCUT2D eigenvalue weighted by Crippen LogP contribution is -1.86. The highest BCUT2D eigenvalue weighted by Gasteiger charge is 2.09. The summed E-state index contributed by atoms with van der Waals surface area (Å²) in [7, 11) is 0. The summed E-state index contributed by atoms with van der Waals surface area (Å²) in [6.07, 6.45) is 5.19. The molecule has 0 fully saturated rings. The Labute approximate surface area is 77.3 Å². The van der Waals surface area contributed by atoms with Crippen molar-refractivity contribution in [1.29, 1.82) is 0 Å². The number of benzene rings is 1. The van der Waals surface area contributed by atoms with E-state index in [2.05, 4.69) is 17.1 Å². The standard InChI is InChI=1S/C11H11NO/c13-8-12-7-9-4-5-10-2-1-3-11(10)6-9/h4-6H,1-3,7H2. The molecule has 0 heterocycles. The minimum Gasteiger partial charge on any atom is -0.211 e. The van der Waals surface area contributed by atoms with Crippen molar-refractivity contribution >= 4 is 6.08 Å². The summed E-state index contributed by atoms with van der Waals surface area (Å²) in [6, 6.07) is 6.35. The van der Waals surface area contributed by atoms with Crippen LogP contribution in [0.4, 0.5) is 0 Å². The zero-order valence-corrected chi connectivity index (χ0v) is 7.42. The maximum Gasteiger partial charge on any atom is 0.235 e. The molecule has 1 aliphatic carbocycles. The maximum atomic E-state index is 9.92. The molecule has 0 spiro atoms. The fourth-order valence-electron chi connectivity index (χ4n) is 1.85. The first kappa shape index (κ1) is 8.21. The first-order valence-electron chi connectivity index (χ1n) is 4.54. The van der Waals surface area contributed by atoms with Crippen molar-refractivity contribution in [2.45, 2.75) is 25.8 Å². The fourth-order valence-corrected chi connectivity index (χ4v) is 1.85. The van der Waals surface area contributed by atoms with Gasteiger partial charge in [-0.1, -0.05) is 18.2 Å². The minimum atomic E-state index is 0.469. The number of hydrogen-bond acceptors (Lipinski definition) is 2. The third-order valence-electron chi connectivity index (χ3n) is 2.49. The topological polar surface area (TPSA) is 29.4 Å². The van der Waals surface area contributed by atoms with Crippen LogP contribution in [0.25, 0.3) is 0 Å². The van der Waals surface area contributed by atoms with E-state index in [1.807, 2.05) is 6.07 Å². The van der Waals surface area contributed by atoms with Crippen molar-refractivity contribution < 1.29 is 4.79 Å². The van der Waals surface area contributed by atoms with E-state index >= 15 is 0 Å². The van der Waals surface area contributed by atoms with Crippen LogP contribution in [0.2, 0.25) is 0 Å². The van der Waals surface area contributed by atoms with Gasteiger partial charge in [0.25, 0.3) is 0 Å². The zero-order chi connectivity index (χ0) is 9.10. The summed E-state index contributed by atoms with van der Waals surface area (Å²) >= 11 is 0. The first-order chi connectivity index (χ1) is 6.40. The van der Waals surface area contributed by atoms with Crippen LogP contribution in [0.5, 0.6) is 0 Å². The number of rotatable bonds is 2. The highest BCUT2D eigenvalue weighted by atomic mass is 16.1. The largest absolute Gasteiger partial charge is 0.235 e. The summed E-state index contributed by atoms with van der Waals surface area (Å²) in [6.45, 7) is 0.469. The van der Waals surface area contributed by atoms with Gasteiger partial charge in [0.1, 0.15) is 0 Å². The Kier molecular flexibility index (Phi) is 2.24. The molecule has 0 amide bonds. The molecule has 1 aromatic rings. The third-order valence-corrected chi connectivity index (χ3v) is 2.49. The number of nitrogens with zero attached hydrogens (tertiary/aromatic N) is 1. The average Bonchev–Trinajstić information content (AvgIpc) is 2.61. The van der Waals surface area contributed by atoms with Gasteiger partial charge in [0.05, 0.1) is 6.54 Å². The molecule has 2 rings (SSSR count). The number of hydrogen-bond donors (Lipinski definition) is 0. The van der Waals surface area contributed by atoms with Crippen molar-refractivity contribution in [3.8, 4) is 0 Å². The van der Waals surface area contributed by atoms with Gasteiger partial charge in [-0.05, 0) is 36.0 Å². The molecule has 0 aromatic heterocycles. The fraction of sp³-hybridized carbons (Fsp3) is 0.364. The lowest BCUT2D eigenvalue weighted by atomic mass is 10.1. The predicted octanol–water partition coefficient (Wildman–Crippen LogP) is 2.01. The number of aryl methyl sites for hydroxylation is 2. The van der Waals surface area contributed by atoms with Gasteiger partial charge in [-0.3, -0.25) is 0 Å². The molecule has 13 heavy (non-hydrogen) atoms. The number of carbonyl (C=O) groups excluding carboxylic acids is 1. The third kappa shape index (κ3) is 1.68. The van der Waals surface area contributed by atoms with Gasteiger partial charge < -0.3 is 0 Å². The van der Waals surface area contributed by atoms with Crippen LogP contribution in [0, 0.1) is 0 Å². The molecule has 1 aliphatic rings. The normalized spacial score (nSPS) is 13.5.